The molecule has 0 spiro atoms. The smallest absolute Gasteiger partial charge is 0.249 e. The molecule has 0 radical (unpaired) electrons. The van der Waals surface area contributed by atoms with E-state index in [1.54, 1.807) is 13.3 Å². The molecule has 0 amide bonds. The molecule has 0 aliphatic carbocycles. The summed E-state index contributed by atoms with van der Waals surface area (Å²) in [7, 11) is 1.64. The molecule has 0 atom stereocenters. The van der Waals surface area contributed by atoms with Gasteiger partial charge in [0.05, 0.1) is 13.3 Å². The number of ether oxygens (including phenoxy) is 1. The molecular weight excluding hydrogens is 340 g/mol. The molecule has 27 heavy (non-hydrogen) atoms. The normalized spacial score (nSPS) is 10.3. The molecule has 0 bridgehead atoms. The molecule has 1 heterocycles. The topological polar surface area (TPSA) is 75.2 Å². The molecule has 2 N–H and O–H groups in total. The zero-order valence-corrected chi connectivity index (χ0v) is 15.8. The van der Waals surface area contributed by atoms with Crippen LogP contribution in [0.15, 0.2) is 54.7 Å². The maximum absolute atomic E-state index is 5.23. The lowest BCUT2D eigenvalue weighted by atomic mass is 10.2. The minimum Gasteiger partial charge on any atom is -0.497 e. The van der Waals surface area contributed by atoms with Gasteiger partial charge in [-0.3, -0.25) is 0 Å². The largest absolute Gasteiger partial charge is 0.497 e. The maximum atomic E-state index is 5.23. The monoisotopic (exact) mass is 364 g/mol. The fourth-order valence-electron chi connectivity index (χ4n) is 2.74. The Labute approximate surface area is 159 Å². The van der Waals surface area contributed by atoms with E-state index in [1.165, 1.54) is 5.69 Å². The average Bonchev–Trinajstić information content (AvgIpc) is 2.70. The molecule has 0 fully saturated rings. The number of nitrogens with zero attached hydrogens (tertiary/aromatic N) is 4. The molecule has 3 aromatic rings. The first-order chi connectivity index (χ1) is 13.2. The number of aromatic nitrogens is 3. The zero-order chi connectivity index (χ0) is 19.1. The number of anilines is 5. The Balaban J connectivity index is 1.70. The zero-order valence-electron chi connectivity index (χ0n) is 15.8. The summed E-state index contributed by atoms with van der Waals surface area (Å²) in [5.41, 5.74) is 2.97. The van der Waals surface area contributed by atoms with Crippen LogP contribution in [0.25, 0.3) is 0 Å². The summed E-state index contributed by atoms with van der Waals surface area (Å²) in [5.74, 6) is 1.80. The lowest BCUT2D eigenvalue weighted by Crippen LogP contribution is -2.21. The van der Waals surface area contributed by atoms with Crippen molar-refractivity contribution in [2.75, 3.05) is 35.7 Å². The summed E-state index contributed by atoms with van der Waals surface area (Å²) < 4.78 is 5.23. The standard InChI is InChI=1S/C20H24N6O/c1-4-26(5-2)17-11-9-15(10-12-17)23-20-24-19(14-21-25-20)22-16-7-6-8-18(13-16)27-3/h6-14H,4-5H2,1-3H3,(H2,22,23,24,25). The number of nitrogens with one attached hydrogen (secondary N) is 2. The lowest BCUT2D eigenvalue weighted by molar-refractivity contribution is 0.415. The molecule has 0 saturated carbocycles. The molecule has 140 valence electrons. The van der Waals surface area contributed by atoms with Gasteiger partial charge < -0.3 is 20.3 Å². The van der Waals surface area contributed by atoms with Crippen LogP contribution in [0, 0.1) is 0 Å². The Morgan fingerprint density at radius 3 is 2.44 bits per heavy atom. The molecule has 7 heteroatoms. The van der Waals surface area contributed by atoms with Crippen LogP contribution < -0.4 is 20.3 Å². The van der Waals surface area contributed by atoms with Crippen molar-refractivity contribution in [3.8, 4) is 5.75 Å². The predicted octanol–water partition coefficient (Wildman–Crippen LogP) is 4.21. The van der Waals surface area contributed by atoms with Gasteiger partial charge in [0.15, 0.2) is 5.82 Å². The number of methoxy groups -OCH3 is 1. The maximum Gasteiger partial charge on any atom is 0.249 e. The summed E-state index contributed by atoms with van der Waals surface area (Å²) in [5, 5.41) is 14.5. The second-order valence-electron chi connectivity index (χ2n) is 5.87. The summed E-state index contributed by atoms with van der Waals surface area (Å²) in [6, 6.07) is 15.8. The average molecular weight is 364 g/mol. The summed E-state index contributed by atoms with van der Waals surface area (Å²) >= 11 is 0. The van der Waals surface area contributed by atoms with E-state index in [-0.39, 0.29) is 0 Å². The molecule has 7 nitrogen and oxygen atoms in total. The van der Waals surface area contributed by atoms with Crippen molar-refractivity contribution < 1.29 is 4.74 Å². The number of rotatable bonds is 8. The Morgan fingerprint density at radius 2 is 1.74 bits per heavy atom. The van der Waals surface area contributed by atoms with Crippen LogP contribution >= 0.6 is 0 Å². The second-order valence-corrected chi connectivity index (χ2v) is 5.87. The van der Waals surface area contributed by atoms with Crippen LogP contribution in [0.4, 0.5) is 28.8 Å². The van der Waals surface area contributed by atoms with Gasteiger partial charge >= 0.3 is 0 Å². The molecule has 3 rings (SSSR count). The first-order valence-corrected chi connectivity index (χ1v) is 8.94. The molecular formula is C20H24N6O. The van der Waals surface area contributed by atoms with Crippen LogP contribution in [-0.2, 0) is 0 Å². The van der Waals surface area contributed by atoms with E-state index in [9.17, 15) is 0 Å². The van der Waals surface area contributed by atoms with Crippen molar-refractivity contribution in [3.05, 3.63) is 54.7 Å². The van der Waals surface area contributed by atoms with E-state index in [4.69, 9.17) is 4.74 Å². The fraction of sp³-hybridized carbons (Fsp3) is 0.250. The quantitative estimate of drug-likeness (QED) is 0.620. The molecule has 1 aromatic heterocycles. The van der Waals surface area contributed by atoms with Gasteiger partial charge in [0.2, 0.25) is 5.95 Å². The number of hydrogen-bond acceptors (Lipinski definition) is 7. The highest BCUT2D eigenvalue weighted by Gasteiger charge is 2.05. The second kappa shape index (κ2) is 8.84. The van der Waals surface area contributed by atoms with Crippen molar-refractivity contribution in [2.24, 2.45) is 0 Å². The minimum absolute atomic E-state index is 0.429. The van der Waals surface area contributed by atoms with Crippen LogP contribution in [0.1, 0.15) is 13.8 Å². The number of benzene rings is 2. The third kappa shape index (κ3) is 4.84. The van der Waals surface area contributed by atoms with Gasteiger partial charge in [-0.2, -0.15) is 10.1 Å². The Bertz CT molecular complexity index is 864. The van der Waals surface area contributed by atoms with E-state index in [0.717, 1.165) is 30.2 Å². The lowest BCUT2D eigenvalue weighted by Gasteiger charge is -2.21. The molecule has 2 aromatic carbocycles. The summed E-state index contributed by atoms with van der Waals surface area (Å²) in [6.07, 6.45) is 1.58. The van der Waals surface area contributed by atoms with Crippen LogP contribution in [0.2, 0.25) is 0 Å². The third-order valence-electron chi connectivity index (χ3n) is 4.15. The highest BCUT2D eigenvalue weighted by atomic mass is 16.5. The Morgan fingerprint density at radius 1 is 0.963 bits per heavy atom. The van der Waals surface area contributed by atoms with Crippen LogP contribution in [0.3, 0.4) is 0 Å². The van der Waals surface area contributed by atoms with E-state index >= 15 is 0 Å². The van der Waals surface area contributed by atoms with Gasteiger partial charge in [0, 0.05) is 36.2 Å². The van der Waals surface area contributed by atoms with Gasteiger partial charge in [-0.15, -0.1) is 5.10 Å². The van der Waals surface area contributed by atoms with Crippen LogP contribution in [0.5, 0.6) is 5.75 Å². The van der Waals surface area contributed by atoms with Crippen molar-refractivity contribution in [3.63, 3.8) is 0 Å². The SMILES string of the molecule is CCN(CC)c1ccc(Nc2nncc(Nc3cccc(OC)c3)n2)cc1. The Hall–Kier alpha value is -3.35. The van der Waals surface area contributed by atoms with E-state index in [2.05, 4.69) is 56.7 Å². The highest BCUT2D eigenvalue weighted by molar-refractivity contribution is 5.61. The highest BCUT2D eigenvalue weighted by Crippen LogP contribution is 2.22. The fourth-order valence-corrected chi connectivity index (χ4v) is 2.74. The van der Waals surface area contributed by atoms with Gasteiger partial charge in [0.25, 0.3) is 0 Å². The first-order valence-electron chi connectivity index (χ1n) is 8.94. The van der Waals surface area contributed by atoms with E-state index in [1.807, 2.05) is 36.4 Å². The Kier molecular flexibility index (Phi) is 6.04. The van der Waals surface area contributed by atoms with Gasteiger partial charge in [-0.25, -0.2) is 0 Å². The molecule has 0 saturated heterocycles. The number of hydrogen-bond donors (Lipinski definition) is 2. The van der Waals surface area contributed by atoms with Crippen molar-refractivity contribution in [2.45, 2.75) is 13.8 Å². The minimum atomic E-state index is 0.429. The van der Waals surface area contributed by atoms with Crippen molar-refractivity contribution in [1.82, 2.24) is 15.2 Å². The van der Waals surface area contributed by atoms with Crippen molar-refractivity contribution in [1.29, 1.82) is 0 Å². The molecule has 0 aliphatic rings. The molecule has 0 aliphatic heterocycles. The van der Waals surface area contributed by atoms with Gasteiger partial charge in [-0.1, -0.05) is 6.07 Å². The van der Waals surface area contributed by atoms with E-state index < -0.39 is 0 Å². The third-order valence-corrected chi connectivity index (χ3v) is 4.15. The summed E-state index contributed by atoms with van der Waals surface area (Å²) in [6.45, 7) is 6.26. The predicted molar refractivity (Wildman–Crippen MR) is 109 cm³/mol. The summed E-state index contributed by atoms with van der Waals surface area (Å²) in [4.78, 5) is 6.75. The van der Waals surface area contributed by atoms with E-state index in [0.29, 0.717) is 11.8 Å². The molecule has 0 unspecified atom stereocenters. The van der Waals surface area contributed by atoms with Gasteiger partial charge in [0.1, 0.15) is 5.75 Å². The van der Waals surface area contributed by atoms with Crippen LogP contribution in [-0.4, -0.2) is 35.4 Å². The first kappa shape index (κ1) is 18.4. The van der Waals surface area contributed by atoms with Crippen molar-refractivity contribution >= 4 is 28.8 Å². The van der Waals surface area contributed by atoms with Gasteiger partial charge in [-0.05, 0) is 50.2 Å².